The van der Waals surface area contributed by atoms with E-state index in [0.29, 0.717) is 11.4 Å². The molecule has 0 saturated carbocycles. The Kier molecular flexibility index (Phi) is 3.40. The van der Waals surface area contributed by atoms with Crippen LogP contribution in [0.15, 0.2) is 90.8 Å². The highest BCUT2D eigenvalue weighted by atomic mass is 16.2. The van der Waals surface area contributed by atoms with Gasteiger partial charge in [-0.2, -0.15) is 0 Å². The predicted octanol–water partition coefficient (Wildman–Crippen LogP) is 4.50. The van der Waals surface area contributed by atoms with Crippen LogP contribution in [0.1, 0.15) is 22.7 Å². The van der Waals surface area contributed by atoms with Crippen molar-refractivity contribution >= 4 is 34.1 Å². The molecule has 0 saturated heterocycles. The fourth-order valence-corrected chi connectivity index (χ4v) is 5.48. The van der Waals surface area contributed by atoms with Crippen LogP contribution < -0.4 is 4.90 Å². The number of hydrogen-bond donors (Lipinski definition) is 0. The Bertz CT molecular complexity index is 1480. The lowest BCUT2D eigenvalue weighted by atomic mass is 10.00. The monoisotopic (exact) mass is 417 g/mol. The second kappa shape index (κ2) is 6.20. The topological polar surface area (TPSA) is 45.6 Å². The Labute approximate surface area is 184 Å². The zero-order valence-corrected chi connectivity index (χ0v) is 17.2. The Hall–Kier alpha value is -4.12. The van der Waals surface area contributed by atoms with Crippen molar-refractivity contribution in [2.24, 2.45) is 0 Å². The number of anilines is 1. The molecule has 4 heterocycles. The summed E-state index contributed by atoms with van der Waals surface area (Å²) in [6.45, 7) is 0.262. The lowest BCUT2D eigenvalue weighted by molar-refractivity contribution is -0.137. The molecule has 3 aliphatic heterocycles. The first kappa shape index (κ1) is 17.5. The van der Waals surface area contributed by atoms with Gasteiger partial charge in [-0.05, 0) is 35.2 Å². The molecule has 0 radical (unpaired) electrons. The first-order valence-electron chi connectivity index (χ1n) is 10.8. The van der Waals surface area contributed by atoms with Crippen molar-refractivity contribution in [3.63, 3.8) is 0 Å². The van der Waals surface area contributed by atoms with Gasteiger partial charge in [0.05, 0.1) is 18.1 Å². The normalized spacial score (nSPS) is 18.8. The standard InChI is InChI=1S/C27H19N3O2/c31-26-24-25(27(32)29(26)16-17-7-2-1-3-8-17)30-21-12-5-4-9-19(21)15-22(30)20-11-6-10-18-13-14-28(24)23(18)20/h1-14,22H,15-16H2. The summed E-state index contributed by atoms with van der Waals surface area (Å²) >= 11 is 0. The van der Waals surface area contributed by atoms with E-state index in [1.807, 2.05) is 59.3 Å². The fraction of sp³-hybridized carbons (Fsp3) is 0.111. The molecule has 1 unspecified atom stereocenters. The van der Waals surface area contributed by atoms with Crippen LogP contribution >= 0.6 is 0 Å². The molecule has 32 heavy (non-hydrogen) atoms. The van der Waals surface area contributed by atoms with Crippen LogP contribution in [0.3, 0.4) is 0 Å². The Morgan fingerprint density at radius 2 is 1.56 bits per heavy atom. The summed E-state index contributed by atoms with van der Waals surface area (Å²) in [5, 5.41) is 1.08. The molecule has 7 rings (SSSR count). The minimum Gasteiger partial charge on any atom is -0.327 e. The highest BCUT2D eigenvalue weighted by Crippen LogP contribution is 2.49. The van der Waals surface area contributed by atoms with Crippen LogP contribution in [0, 0.1) is 0 Å². The minimum atomic E-state index is -0.244. The number of benzene rings is 3. The molecule has 0 aliphatic carbocycles. The predicted molar refractivity (Wildman–Crippen MR) is 123 cm³/mol. The van der Waals surface area contributed by atoms with Gasteiger partial charge < -0.3 is 9.47 Å². The van der Waals surface area contributed by atoms with Crippen molar-refractivity contribution in [1.29, 1.82) is 0 Å². The number of fused-ring (bicyclic) bond motifs is 6. The van der Waals surface area contributed by atoms with E-state index >= 15 is 0 Å². The second-order valence-corrected chi connectivity index (χ2v) is 8.57. The Morgan fingerprint density at radius 1 is 0.781 bits per heavy atom. The molecule has 0 bridgehead atoms. The highest BCUT2D eigenvalue weighted by molar-refractivity contribution is 6.34. The summed E-state index contributed by atoms with van der Waals surface area (Å²) in [4.78, 5) is 31.1. The number of amides is 2. The summed E-state index contributed by atoms with van der Waals surface area (Å²) in [6.07, 6.45) is 2.73. The first-order chi connectivity index (χ1) is 15.7. The maximum Gasteiger partial charge on any atom is 0.280 e. The molecule has 5 heteroatoms. The maximum atomic E-state index is 13.8. The van der Waals surface area contributed by atoms with E-state index < -0.39 is 0 Å². The smallest absolute Gasteiger partial charge is 0.280 e. The molecule has 0 N–H and O–H groups in total. The van der Waals surface area contributed by atoms with Gasteiger partial charge >= 0.3 is 0 Å². The van der Waals surface area contributed by atoms with Crippen molar-refractivity contribution in [2.45, 2.75) is 19.0 Å². The molecular weight excluding hydrogens is 398 g/mol. The van der Waals surface area contributed by atoms with E-state index in [1.165, 1.54) is 10.5 Å². The van der Waals surface area contributed by atoms with Crippen LogP contribution in [-0.4, -0.2) is 21.3 Å². The lowest BCUT2D eigenvalue weighted by Gasteiger charge is -2.28. The Balaban J connectivity index is 1.48. The molecular formula is C27H19N3O2. The molecule has 4 aromatic rings. The molecule has 5 nitrogen and oxygen atoms in total. The molecule has 3 aromatic carbocycles. The van der Waals surface area contributed by atoms with Gasteiger partial charge in [0, 0.05) is 17.3 Å². The third kappa shape index (κ3) is 2.17. The van der Waals surface area contributed by atoms with Crippen LogP contribution in [0.25, 0.3) is 16.6 Å². The van der Waals surface area contributed by atoms with Gasteiger partial charge in [0.1, 0.15) is 11.4 Å². The third-order valence-corrected chi connectivity index (χ3v) is 6.86. The van der Waals surface area contributed by atoms with Gasteiger partial charge in [0.2, 0.25) is 0 Å². The van der Waals surface area contributed by atoms with Crippen molar-refractivity contribution in [3.05, 3.63) is 107 Å². The molecule has 154 valence electrons. The summed E-state index contributed by atoms with van der Waals surface area (Å²) in [5.41, 5.74) is 6.24. The maximum absolute atomic E-state index is 13.8. The van der Waals surface area contributed by atoms with Crippen molar-refractivity contribution in [2.75, 3.05) is 4.90 Å². The third-order valence-electron chi connectivity index (χ3n) is 6.86. The summed E-state index contributed by atoms with van der Waals surface area (Å²) in [6, 6.07) is 26.1. The second-order valence-electron chi connectivity index (χ2n) is 8.57. The lowest BCUT2D eigenvalue weighted by Crippen LogP contribution is -2.35. The van der Waals surface area contributed by atoms with Gasteiger partial charge in [-0.3, -0.25) is 14.5 Å². The summed E-state index contributed by atoms with van der Waals surface area (Å²) in [7, 11) is 0. The van der Waals surface area contributed by atoms with Crippen molar-refractivity contribution in [1.82, 2.24) is 9.47 Å². The van der Waals surface area contributed by atoms with E-state index in [9.17, 15) is 9.59 Å². The van der Waals surface area contributed by atoms with Gasteiger partial charge in [-0.25, -0.2) is 0 Å². The molecule has 2 amide bonds. The Morgan fingerprint density at radius 3 is 2.44 bits per heavy atom. The first-order valence-corrected chi connectivity index (χ1v) is 10.8. The van der Waals surface area contributed by atoms with Gasteiger partial charge in [0.25, 0.3) is 11.8 Å². The molecule has 0 fully saturated rings. The average molecular weight is 417 g/mol. The zero-order valence-electron chi connectivity index (χ0n) is 17.2. The van der Waals surface area contributed by atoms with E-state index in [1.54, 1.807) is 0 Å². The fourth-order valence-electron chi connectivity index (χ4n) is 5.48. The minimum absolute atomic E-state index is 0.0225. The summed E-state index contributed by atoms with van der Waals surface area (Å²) < 4.78 is 1.94. The van der Waals surface area contributed by atoms with Crippen molar-refractivity contribution in [3.8, 4) is 0 Å². The van der Waals surface area contributed by atoms with Crippen LogP contribution in [0.2, 0.25) is 0 Å². The number of aromatic nitrogens is 1. The number of rotatable bonds is 2. The number of carbonyl (C=O) groups is 2. The average Bonchev–Trinajstić information content (AvgIpc) is 3.45. The molecule has 0 spiro atoms. The van der Waals surface area contributed by atoms with E-state index in [4.69, 9.17) is 0 Å². The molecule has 1 atom stereocenters. The van der Waals surface area contributed by atoms with Crippen LogP contribution in [0.5, 0.6) is 0 Å². The number of imide groups is 1. The van der Waals surface area contributed by atoms with Crippen LogP contribution in [-0.2, 0) is 22.6 Å². The van der Waals surface area contributed by atoms with Crippen LogP contribution in [0.4, 0.5) is 5.69 Å². The number of hydrogen-bond acceptors (Lipinski definition) is 3. The molecule has 3 aliphatic rings. The van der Waals surface area contributed by atoms with E-state index in [2.05, 4.69) is 35.2 Å². The van der Waals surface area contributed by atoms with Gasteiger partial charge in [-0.15, -0.1) is 0 Å². The van der Waals surface area contributed by atoms with Crippen molar-refractivity contribution < 1.29 is 9.59 Å². The van der Waals surface area contributed by atoms with E-state index in [0.717, 1.165) is 34.1 Å². The number of para-hydroxylation sites is 2. The van der Waals surface area contributed by atoms with Gasteiger partial charge in [0.15, 0.2) is 0 Å². The SMILES string of the molecule is O=C1C2=C(C(=O)N1Cc1ccccc1)n1ccc3cccc(c31)C1Cc3ccccc3N21. The highest BCUT2D eigenvalue weighted by Gasteiger charge is 2.48. The number of carbonyl (C=O) groups excluding carboxylic acids is 2. The largest absolute Gasteiger partial charge is 0.327 e. The zero-order chi connectivity index (χ0) is 21.4. The number of nitrogens with zero attached hydrogens (tertiary/aromatic N) is 3. The summed E-state index contributed by atoms with van der Waals surface area (Å²) in [5.74, 6) is -0.476. The quantitative estimate of drug-likeness (QED) is 0.451. The van der Waals surface area contributed by atoms with Gasteiger partial charge in [-0.1, -0.05) is 66.7 Å². The van der Waals surface area contributed by atoms with E-state index in [-0.39, 0.29) is 24.4 Å². The molecule has 1 aromatic heterocycles.